The van der Waals surface area contributed by atoms with E-state index in [0.29, 0.717) is 6.61 Å². The molecular weight excluding hydrogens is 248 g/mol. The molecule has 0 unspecified atom stereocenters. The van der Waals surface area contributed by atoms with Gasteiger partial charge >= 0.3 is 12.0 Å². The molecule has 0 heterocycles. The van der Waals surface area contributed by atoms with Gasteiger partial charge in [-0.15, -0.1) is 0 Å². The molecule has 2 amide bonds. The quantitative estimate of drug-likeness (QED) is 0.705. The summed E-state index contributed by atoms with van der Waals surface area (Å²) in [5.74, 6) is -1.02. The number of rotatable bonds is 5. The molecule has 0 saturated heterocycles. The topological polar surface area (TPSA) is 87.7 Å². The fraction of sp³-hybridized carbons (Fsp3) is 0.846. The predicted octanol–water partition coefficient (Wildman–Crippen LogP) is 1.35. The fourth-order valence-corrected chi connectivity index (χ4v) is 2.06. The van der Waals surface area contributed by atoms with Crippen molar-refractivity contribution in [3.05, 3.63) is 0 Å². The van der Waals surface area contributed by atoms with Crippen molar-refractivity contribution in [1.29, 1.82) is 0 Å². The van der Waals surface area contributed by atoms with Crippen LogP contribution in [-0.4, -0.2) is 41.9 Å². The monoisotopic (exact) mass is 272 g/mol. The van der Waals surface area contributed by atoms with Crippen LogP contribution in [0.1, 0.15) is 40.5 Å². The Kier molecular flexibility index (Phi) is 5.17. The molecule has 0 aromatic heterocycles. The van der Waals surface area contributed by atoms with Gasteiger partial charge < -0.3 is 20.5 Å². The number of carboxylic acids is 1. The van der Waals surface area contributed by atoms with Crippen LogP contribution in [0.2, 0.25) is 0 Å². The van der Waals surface area contributed by atoms with Crippen LogP contribution in [0.3, 0.4) is 0 Å². The van der Waals surface area contributed by atoms with Crippen molar-refractivity contribution in [1.82, 2.24) is 10.6 Å². The average molecular weight is 272 g/mol. The Hall–Kier alpha value is -1.30. The van der Waals surface area contributed by atoms with E-state index in [-0.39, 0.29) is 12.1 Å². The molecule has 0 aromatic carbocycles. The lowest BCUT2D eigenvalue weighted by molar-refractivity contribution is -0.141. The molecule has 0 radical (unpaired) electrons. The van der Waals surface area contributed by atoms with E-state index in [1.54, 1.807) is 20.8 Å². The molecule has 110 valence electrons. The number of ether oxygens (including phenoxy) is 1. The number of carbonyl (C=O) groups is 2. The molecule has 0 aromatic rings. The molecule has 1 atom stereocenters. The first kappa shape index (κ1) is 15.8. The minimum absolute atomic E-state index is 0.0750. The highest BCUT2D eigenvalue weighted by Crippen LogP contribution is 2.23. The number of urea groups is 1. The summed E-state index contributed by atoms with van der Waals surface area (Å²) < 4.78 is 5.40. The van der Waals surface area contributed by atoms with Gasteiger partial charge in [0.15, 0.2) is 0 Å². The summed E-state index contributed by atoms with van der Waals surface area (Å²) in [5.41, 5.74) is -0.531. The lowest BCUT2D eigenvalue weighted by Gasteiger charge is -2.36. The minimum atomic E-state index is -1.02. The summed E-state index contributed by atoms with van der Waals surface area (Å²) in [5, 5.41) is 14.4. The summed E-state index contributed by atoms with van der Waals surface area (Å²) >= 11 is 0. The number of carbonyl (C=O) groups excluding carboxylic acids is 1. The van der Waals surface area contributed by atoms with Crippen LogP contribution in [0.25, 0.3) is 0 Å². The van der Waals surface area contributed by atoms with Gasteiger partial charge in [0.1, 0.15) is 6.04 Å². The van der Waals surface area contributed by atoms with Crippen molar-refractivity contribution >= 4 is 12.0 Å². The van der Waals surface area contributed by atoms with Crippen LogP contribution < -0.4 is 10.6 Å². The molecular formula is C13H24N2O4. The Bertz CT molecular complexity index is 332. The van der Waals surface area contributed by atoms with Gasteiger partial charge in [-0.05, 0) is 25.2 Å². The van der Waals surface area contributed by atoms with Gasteiger partial charge in [0, 0.05) is 12.6 Å². The van der Waals surface area contributed by atoms with Crippen molar-refractivity contribution in [2.45, 2.75) is 58.7 Å². The summed E-state index contributed by atoms with van der Waals surface area (Å²) in [7, 11) is 0. The molecule has 1 rings (SSSR count). The van der Waals surface area contributed by atoms with Gasteiger partial charge in [0.05, 0.1) is 6.10 Å². The average Bonchev–Trinajstić information content (AvgIpc) is 2.21. The van der Waals surface area contributed by atoms with E-state index < -0.39 is 23.5 Å². The lowest BCUT2D eigenvalue weighted by atomic mass is 9.86. The molecule has 1 aliphatic carbocycles. The van der Waals surface area contributed by atoms with E-state index in [4.69, 9.17) is 9.84 Å². The molecule has 3 N–H and O–H groups in total. The Balaban J connectivity index is 2.37. The maximum absolute atomic E-state index is 11.7. The van der Waals surface area contributed by atoms with Gasteiger partial charge in [0.25, 0.3) is 0 Å². The smallest absolute Gasteiger partial charge is 0.326 e. The van der Waals surface area contributed by atoms with Gasteiger partial charge in [-0.2, -0.15) is 0 Å². The number of aliphatic carboxylic acids is 1. The van der Waals surface area contributed by atoms with Crippen molar-refractivity contribution in [3.8, 4) is 0 Å². The highest BCUT2D eigenvalue weighted by atomic mass is 16.5. The Morgan fingerprint density at radius 3 is 2.37 bits per heavy atom. The number of nitrogens with one attached hydrogen (secondary N) is 2. The second-order valence-electron chi connectivity index (χ2n) is 6.00. The van der Waals surface area contributed by atoms with E-state index in [1.807, 2.05) is 6.92 Å². The molecule has 6 nitrogen and oxygen atoms in total. The van der Waals surface area contributed by atoms with Crippen LogP contribution in [-0.2, 0) is 9.53 Å². The van der Waals surface area contributed by atoms with E-state index in [2.05, 4.69) is 10.6 Å². The highest BCUT2D eigenvalue weighted by Gasteiger charge is 2.35. The van der Waals surface area contributed by atoms with Crippen LogP contribution in [0.15, 0.2) is 0 Å². The number of hydrogen-bond acceptors (Lipinski definition) is 3. The normalized spacial score (nSPS) is 24.2. The highest BCUT2D eigenvalue weighted by molar-refractivity contribution is 5.83. The second kappa shape index (κ2) is 6.23. The minimum Gasteiger partial charge on any atom is -0.480 e. The van der Waals surface area contributed by atoms with Gasteiger partial charge in [-0.1, -0.05) is 20.8 Å². The van der Waals surface area contributed by atoms with Crippen molar-refractivity contribution < 1.29 is 19.4 Å². The first-order valence-electron chi connectivity index (χ1n) is 6.65. The molecule has 1 saturated carbocycles. The predicted molar refractivity (Wildman–Crippen MR) is 71.0 cm³/mol. The third-order valence-electron chi connectivity index (χ3n) is 3.22. The SMILES string of the molecule is CCOC1CC(NC(=O)N[C@@H](C(=O)O)C(C)(C)C)C1. The molecule has 0 aliphatic heterocycles. The first-order chi connectivity index (χ1) is 8.74. The van der Waals surface area contributed by atoms with Crippen LogP contribution in [0.5, 0.6) is 0 Å². The number of carboxylic acid groups (broad SMARTS) is 1. The largest absolute Gasteiger partial charge is 0.480 e. The zero-order valence-corrected chi connectivity index (χ0v) is 12.0. The summed E-state index contributed by atoms with van der Waals surface area (Å²) in [6.07, 6.45) is 1.79. The Labute approximate surface area is 113 Å². The summed E-state index contributed by atoms with van der Waals surface area (Å²) in [6, 6.07) is -1.26. The zero-order valence-electron chi connectivity index (χ0n) is 12.0. The van der Waals surface area contributed by atoms with Crippen LogP contribution >= 0.6 is 0 Å². The van der Waals surface area contributed by atoms with Crippen LogP contribution in [0, 0.1) is 5.41 Å². The summed E-state index contributed by atoms with van der Waals surface area (Å²) in [4.78, 5) is 22.9. The number of amides is 2. The van der Waals surface area contributed by atoms with Crippen molar-refractivity contribution in [3.63, 3.8) is 0 Å². The van der Waals surface area contributed by atoms with E-state index in [1.165, 1.54) is 0 Å². The second-order valence-corrected chi connectivity index (χ2v) is 6.00. The number of hydrogen-bond donors (Lipinski definition) is 3. The van der Waals surface area contributed by atoms with E-state index >= 15 is 0 Å². The third kappa shape index (κ3) is 4.70. The van der Waals surface area contributed by atoms with Crippen molar-refractivity contribution in [2.75, 3.05) is 6.61 Å². The molecule has 0 bridgehead atoms. The third-order valence-corrected chi connectivity index (χ3v) is 3.22. The Morgan fingerprint density at radius 2 is 1.95 bits per heavy atom. The van der Waals surface area contributed by atoms with Crippen LogP contribution in [0.4, 0.5) is 4.79 Å². The molecule has 1 fully saturated rings. The first-order valence-corrected chi connectivity index (χ1v) is 6.65. The summed E-state index contributed by atoms with van der Waals surface area (Å²) in [6.45, 7) is 7.95. The van der Waals surface area contributed by atoms with E-state index in [9.17, 15) is 9.59 Å². The Morgan fingerprint density at radius 1 is 1.37 bits per heavy atom. The standard InChI is InChI=1S/C13H24N2O4/c1-5-19-9-6-8(7-9)14-12(18)15-10(11(16)17)13(2,3)4/h8-10H,5-7H2,1-4H3,(H,16,17)(H2,14,15,18)/t8?,9?,10-/m0/s1. The fourth-order valence-electron chi connectivity index (χ4n) is 2.06. The maximum Gasteiger partial charge on any atom is 0.326 e. The maximum atomic E-state index is 11.7. The molecule has 6 heteroatoms. The van der Waals surface area contributed by atoms with Gasteiger partial charge in [-0.25, -0.2) is 9.59 Å². The van der Waals surface area contributed by atoms with Crippen molar-refractivity contribution in [2.24, 2.45) is 5.41 Å². The van der Waals surface area contributed by atoms with Gasteiger partial charge in [0.2, 0.25) is 0 Å². The molecule has 1 aliphatic rings. The molecule has 19 heavy (non-hydrogen) atoms. The van der Waals surface area contributed by atoms with E-state index in [0.717, 1.165) is 12.8 Å². The zero-order chi connectivity index (χ0) is 14.6. The molecule has 0 spiro atoms. The lowest BCUT2D eigenvalue weighted by Crippen LogP contribution is -2.56. The van der Waals surface area contributed by atoms with Gasteiger partial charge in [-0.3, -0.25) is 0 Å².